The summed E-state index contributed by atoms with van der Waals surface area (Å²) in [4.78, 5) is 39.3. The molecule has 2 saturated heterocycles. The summed E-state index contributed by atoms with van der Waals surface area (Å²) in [5, 5.41) is 16.2. The number of hydrogen-bond donors (Lipinski definition) is 1. The fraction of sp³-hybridized carbons (Fsp3) is 0.355. The SMILES string of the molecule is Cc1cc(NC(=O)C2=C(OCn3ccc4c(N5CC[C@]6(C5)[C@@H](C)CN6C(=O)CC#N)ncnc43)c3ccccc3S(=O)(=O)N2C)no1. The highest BCUT2D eigenvalue weighted by molar-refractivity contribution is 7.89. The lowest BCUT2D eigenvalue weighted by atomic mass is 9.74. The molecule has 1 spiro atoms. The number of aryl methyl sites for hydroxylation is 1. The van der Waals surface area contributed by atoms with Crippen LogP contribution in [-0.4, -0.2) is 81.3 Å². The summed E-state index contributed by atoms with van der Waals surface area (Å²) in [5.74, 6) is 0.776. The molecule has 0 bridgehead atoms. The molecule has 16 heteroatoms. The molecule has 6 heterocycles. The average Bonchev–Trinajstić information content (AvgIpc) is 3.80. The zero-order chi connectivity index (χ0) is 33.1. The Hall–Kier alpha value is -5.43. The number of nitrogens with zero attached hydrogens (tertiary/aromatic N) is 8. The highest BCUT2D eigenvalue weighted by Crippen LogP contribution is 2.45. The average molecular weight is 658 g/mol. The fourth-order valence-electron chi connectivity index (χ4n) is 6.80. The van der Waals surface area contributed by atoms with Crippen LogP contribution in [0.3, 0.4) is 0 Å². The van der Waals surface area contributed by atoms with Gasteiger partial charge in [-0.25, -0.2) is 18.4 Å². The number of carbonyl (C=O) groups excluding carboxylic acids is 2. The Morgan fingerprint density at radius 3 is 2.79 bits per heavy atom. The number of likely N-dealkylation sites (tertiary alicyclic amines) is 1. The van der Waals surface area contributed by atoms with E-state index in [1.54, 1.807) is 35.9 Å². The van der Waals surface area contributed by atoms with Crippen molar-refractivity contribution in [2.75, 3.05) is 36.9 Å². The maximum atomic E-state index is 13.6. The molecule has 3 aliphatic heterocycles. The topological polar surface area (TPSA) is 180 Å². The van der Waals surface area contributed by atoms with Crippen LogP contribution in [0.5, 0.6) is 0 Å². The van der Waals surface area contributed by atoms with E-state index >= 15 is 0 Å². The number of nitriles is 1. The van der Waals surface area contributed by atoms with Gasteiger partial charge in [0.25, 0.3) is 15.9 Å². The standard InChI is InChI=1S/C31H31N9O6S/c1-19-15-40(25(41)8-11-32)31(19)10-13-38(16-31)28-22-9-12-39(29(22)34-17-33-28)18-45-27-21-6-4-5-7-23(21)47(43,44)37(3)26(27)30(42)35-24-14-20(2)46-36-24/h4-7,9,12,14,17,19H,8,10,13,15-16,18H2,1-3H3,(H,35,36,42)/t19-,31-/m0/s1. The molecule has 3 aromatic heterocycles. The van der Waals surface area contributed by atoms with Gasteiger partial charge < -0.3 is 24.4 Å². The van der Waals surface area contributed by atoms with E-state index in [0.29, 0.717) is 42.8 Å². The van der Waals surface area contributed by atoms with Crippen LogP contribution in [0.25, 0.3) is 16.8 Å². The molecule has 0 radical (unpaired) electrons. The van der Waals surface area contributed by atoms with Gasteiger partial charge in [0.2, 0.25) is 5.91 Å². The van der Waals surface area contributed by atoms with Crippen molar-refractivity contribution in [1.29, 1.82) is 5.26 Å². The van der Waals surface area contributed by atoms with Gasteiger partial charge in [-0.2, -0.15) is 5.26 Å². The van der Waals surface area contributed by atoms with Crippen LogP contribution in [0.1, 0.15) is 31.1 Å². The second-order valence-corrected chi connectivity index (χ2v) is 13.9. The van der Waals surface area contributed by atoms with Gasteiger partial charge in [-0.1, -0.05) is 24.2 Å². The Morgan fingerprint density at radius 2 is 2.04 bits per heavy atom. The van der Waals surface area contributed by atoms with Crippen molar-refractivity contribution in [2.24, 2.45) is 5.92 Å². The van der Waals surface area contributed by atoms with Crippen LogP contribution in [-0.2, 0) is 31.1 Å². The van der Waals surface area contributed by atoms with E-state index in [4.69, 9.17) is 14.5 Å². The van der Waals surface area contributed by atoms with Crippen LogP contribution >= 0.6 is 0 Å². The first-order chi connectivity index (χ1) is 22.5. The molecular weight excluding hydrogens is 626 g/mol. The van der Waals surface area contributed by atoms with E-state index in [1.807, 2.05) is 17.0 Å². The van der Waals surface area contributed by atoms with E-state index in [2.05, 4.69) is 32.3 Å². The third-order valence-corrected chi connectivity index (χ3v) is 11.1. The smallest absolute Gasteiger partial charge is 0.278 e. The van der Waals surface area contributed by atoms with E-state index < -0.39 is 15.9 Å². The molecular formula is C31H31N9O6S. The van der Waals surface area contributed by atoms with Gasteiger partial charge >= 0.3 is 0 Å². The first-order valence-corrected chi connectivity index (χ1v) is 16.4. The zero-order valence-corrected chi connectivity index (χ0v) is 26.7. The lowest BCUT2D eigenvalue weighted by Gasteiger charge is -2.55. The summed E-state index contributed by atoms with van der Waals surface area (Å²) in [6.45, 7) is 5.60. The lowest BCUT2D eigenvalue weighted by molar-refractivity contribution is -0.152. The molecule has 7 rings (SSSR count). The molecule has 1 aromatic carbocycles. The number of benzene rings is 1. The molecule has 242 valence electrons. The number of likely N-dealkylation sites (N-methyl/N-ethyl adjacent to an activating group) is 1. The van der Waals surface area contributed by atoms with Crippen molar-refractivity contribution >= 4 is 50.3 Å². The minimum absolute atomic E-state index is 0.00351. The Kier molecular flexibility index (Phi) is 7.16. The number of ether oxygens (including phenoxy) is 1. The number of anilines is 2. The number of rotatable bonds is 7. The van der Waals surface area contributed by atoms with Crippen LogP contribution < -0.4 is 10.2 Å². The van der Waals surface area contributed by atoms with Crippen molar-refractivity contribution in [3.8, 4) is 6.07 Å². The van der Waals surface area contributed by atoms with E-state index in [9.17, 15) is 18.0 Å². The summed E-state index contributed by atoms with van der Waals surface area (Å²) in [5.41, 5.74) is 0.255. The van der Waals surface area contributed by atoms with Crippen LogP contribution in [0, 0.1) is 24.2 Å². The van der Waals surface area contributed by atoms with Crippen LogP contribution in [0.15, 0.2) is 64.0 Å². The Balaban J connectivity index is 1.19. The molecule has 2 amide bonds. The maximum absolute atomic E-state index is 13.6. The molecule has 0 saturated carbocycles. The predicted molar refractivity (Wildman–Crippen MR) is 167 cm³/mol. The fourth-order valence-corrected chi connectivity index (χ4v) is 8.19. The van der Waals surface area contributed by atoms with Gasteiger partial charge in [0.05, 0.1) is 21.9 Å². The number of fused-ring (bicyclic) bond motifs is 2. The second-order valence-electron chi connectivity index (χ2n) is 11.9. The van der Waals surface area contributed by atoms with Gasteiger partial charge in [-0.15, -0.1) is 0 Å². The summed E-state index contributed by atoms with van der Waals surface area (Å²) >= 11 is 0. The highest BCUT2D eigenvalue weighted by atomic mass is 32.2. The predicted octanol–water partition coefficient (Wildman–Crippen LogP) is 2.68. The molecule has 2 atom stereocenters. The van der Waals surface area contributed by atoms with Crippen LogP contribution in [0.4, 0.5) is 11.6 Å². The number of hydrogen-bond acceptors (Lipinski definition) is 11. The molecule has 0 aliphatic carbocycles. The molecule has 3 aliphatic rings. The molecule has 1 N–H and O–H groups in total. The molecule has 15 nitrogen and oxygen atoms in total. The number of aromatic nitrogens is 4. The first-order valence-electron chi connectivity index (χ1n) is 15.0. The normalized spacial score (nSPS) is 21.5. The number of nitrogens with one attached hydrogen (secondary N) is 1. The molecule has 0 unspecified atom stereocenters. The van der Waals surface area contributed by atoms with Crippen molar-refractivity contribution in [3.05, 3.63) is 65.9 Å². The van der Waals surface area contributed by atoms with Gasteiger partial charge in [-0.05, 0) is 37.5 Å². The monoisotopic (exact) mass is 657 g/mol. The van der Waals surface area contributed by atoms with Crippen LogP contribution in [0.2, 0.25) is 0 Å². The summed E-state index contributed by atoms with van der Waals surface area (Å²) in [6, 6.07) is 11.7. The van der Waals surface area contributed by atoms with Gasteiger partial charge in [-0.3, -0.25) is 18.5 Å². The zero-order valence-electron chi connectivity index (χ0n) is 25.9. The number of amides is 2. The van der Waals surface area contributed by atoms with Crippen molar-refractivity contribution in [3.63, 3.8) is 0 Å². The van der Waals surface area contributed by atoms with E-state index in [1.165, 1.54) is 25.5 Å². The summed E-state index contributed by atoms with van der Waals surface area (Å²) in [7, 11) is -2.77. The second kappa shape index (κ2) is 11.1. The Bertz CT molecular complexity index is 2120. The number of carbonyl (C=O) groups is 2. The van der Waals surface area contributed by atoms with Gasteiger partial charge in [0.1, 0.15) is 30.0 Å². The molecule has 4 aromatic rings. The molecule has 47 heavy (non-hydrogen) atoms. The number of sulfonamides is 1. The highest BCUT2D eigenvalue weighted by Gasteiger charge is 2.56. The Morgan fingerprint density at radius 1 is 1.23 bits per heavy atom. The maximum Gasteiger partial charge on any atom is 0.278 e. The third kappa shape index (κ3) is 4.76. The first kappa shape index (κ1) is 30.2. The lowest BCUT2D eigenvalue weighted by Crippen LogP contribution is -2.69. The summed E-state index contributed by atoms with van der Waals surface area (Å²) < 4.78 is 40.9. The quantitative estimate of drug-likeness (QED) is 0.309. The molecule has 2 fully saturated rings. The van der Waals surface area contributed by atoms with Gasteiger partial charge in [0.15, 0.2) is 24.0 Å². The minimum Gasteiger partial charge on any atom is -0.470 e. The van der Waals surface area contributed by atoms with Crippen molar-refractivity contribution in [1.82, 2.24) is 28.9 Å². The van der Waals surface area contributed by atoms with Crippen molar-refractivity contribution in [2.45, 2.75) is 43.9 Å². The minimum atomic E-state index is -4.06. The summed E-state index contributed by atoms with van der Waals surface area (Å²) in [6.07, 6.45) is 3.89. The Labute approximate surface area is 270 Å². The van der Waals surface area contributed by atoms with Crippen molar-refractivity contribution < 1.29 is 27.3 Å². The van der Waals surface area contributed by atoms with E-state index in [0.717, 1.165) is 16.1 Å². The van der Waals surface area contributed by atoms with E-state index in [-0.39, 0.29) is 52.3 Å². The van der Waals surface area contributed by atoms with Gasteiger partial charge in [0, 0.05) is 44.5 Å². The third-order valence-electron chi connectivity index (χ3n) is 9.29. The largest absolute Gasteiger partial charge is 0.470 e.